The monoisotopic (exact) mass is 194 g/mol. The summed E-state index contributed by atoms with van der Waals surface area (Å²) in [4.78, 5) is 10.8. The number of nitrogens with zero attached hydrogens (tertiary/aromatic N) is 2. The van der Waals surface area contributed by atoms with Crippen molar-refractivity contribution in [2.24, 2.45) is 13.0 Å². The molecule has 0 unspecified atom stereocenters. The Bertz CT molecular complexity index is 322. The fourth-order valence-corrected chi connectivity index (χ4v) is 1.87. The van der Waals surface area contributed by atoms with Gasteiger partial charge in [-0.3, -0.25) is 4.68 Å². The van der Waals surface area contributed by atoms with Gasteiger partial charge in [-0.15, -0.1) is 0 Å². The summed E-state index contributed by atoms with van der Waals surface area (Å²) in [6.07, 6.45) is 6.48. The van der Waals surface area contributed by atoms with Gasteiger partial charge in [0.15, 0.2) is 0 Å². The third kappa shape index (κ3) is 1.70. The third-order valence-electron chi connectivity index (χ3n) is 2.60. The Hall–Kier alpha value is -1.16. The van der Waals surface area contributed by atoms with Crippen molar-refractivity contribution in [3.63, 3.8) is 0 Å². The quantitative estimate of drug-likeness (QED) is 0.662. The lowest BCUT2D eigenvalue weighted by Gasteiger charge is -2.27. The highest BCUT2D eigenvalue weighted by molar-refractivity contribution is 5.55. The van der Waals surface area contributed by atoms with Gasteiger partial charge in [0.1, 0.15) is 6.29 Å². The number of hydrogen-bond donors (Lipinski definition) is 0. The molecule has 2 heterocycles. The van der Waals surface area contributed by atoms with Crippen molar-refractivity contribution in [1.29, 1.82) is 0 Å². The number of carbonyl (C=O) groups excluding carboxylic acids is 1. The standard InChI is InChI=1S/C10H14N2O2/c1-12-6-9(5-11-12)10-8(7-13)3-2-4-14-10/h5-8,10H,2-4H2,1H3/t8-,10+/m0/s1. The summed E-state index contributed by atoms with van der Waals surface area (Å²) in [5.41, 5.74) is 1.00. The van der Waals surface area contributed by atoms with Gasteiger partial charge in [0, 0.05) is 31.3 Å². The van der Waals surface area contributed by atoms with Crippen LogP contribution in [0.2, 0.25) is 0 Å². The second-order valence-corrected chi connectivity index (χ2v) is 3.68. The molecule has 0 N–H and O–H groups in total. The van der Waals surface area contributed by atoms with Gasteiger partial charge in [-0.2, -0.15) is 5.10 Å². The fraction of sp³-hybridized carbons (Fsp3) is 0.600. The first-order valence-electron chi connectivity index (χ1n) is 4.86. The van der Waals surface area contributed by atoms with Crippen LogP contribution in [0.1, 0.15) is 24.5 Å². The number of rotatable bonds is 2. The van der Waals surface area contributed by atoms with Crippen LogP contribution >= 0.6 is 0 Å². The third-order valence-corrected chi connectivity index (χ3v) is 2.60. The Morgan fingerprint density at radius 3 is 3.21 bits per heavy atom. The van der Waals surface area contributed by atoms with E-state index in [4.69, 9.17) is 4.74 Å². The molecule has 76 valence electrons. The van der Waals surface area contributed by atoms with E-state index in [1.807, 2.05) is 13.2 Å². The molecule has 1 aromatic rings. The highest BCUT2D eigenvalue weighted by Crippen LogP contribution is 2.31. The number of aryl methyl sites for hydroxylation is 1. The number of aromatic nitrogens is 2. The molecule has 2 rings (SSSR count). The number of hydrogen-bond acceptors (Lipinski definition) is 3. The van der Waals surface area contributed by atoms with Crippen molar-refractivity contribution < 1.29 is 9.53 Å². The summed E-state index contributed by atoms with van der Waals surface area (Å²) in [7, 11) is 1.86. The maximum atomic E-state index is 10.8. The van der Waals surface area contributed by atoms with E-state index in [0.29, 0.717) is 0 Å². The minimum Gasteiger partial charge on any atom is -0.373 e. The van der Waals surface area contributed by atoms with Crippen LogP contribution in [0.4, 0.5) is 0 Å². The molecular formula is C10H14N2O2. The van der Waals surface area contributed by atoms with E-state index in [-0.39, 0.29) is 12.0 Å². The lowest BCUT2D eigenvalue weighted by molar-refractivity contribution is -0.120. The zero-order valence-corrected chi connectivity index (χ0v) is 8.22. The second kappa shape index (κ2) is 3.92. The fourth-order valence-electron chi connectivity index (χ4n) is 1.87. The molecule has 1 aliphatic rings. The summed E-state index contributed by atoms with van der Waals surface area (Å²) in [6.45, 7) is 0.740. The van der Waals surface area contributed by atoms with Crippen molar-refractivity contribution >= 4 is 6.29 Å². The van der Waals surface area contributed by atoms with Crippen LogP contribution in [0.15, 0.2) is 12.4 Å². The minimum atomic E-state index is -0.0880. The average Bonchev–Trinajstić information content (AvgIpc) is 2.65. The van der Waals surface area contributed by atoms with Crippen LogP contribution in [0.25, 0.3) is 0 Å². The maximum absolute atomic E-state index is 10.8. The van der Waals surface area contributed by atoms with Gasteiger partial charge in [0.05, 0.1) is 12.3 Å². The van der Waals surface area contributed by atoms with Crippen LogP contribution < -0.4 is 0 Å². The summed E-state index contributed by atoms with van der Waals surface area (Å²) in [5.74, 6) is -0.00653. The molecule has 1 saturated heterocycles. The smallest absolute Gasteiger partial charge is 0.126 e. The van der Waals surface area contributed by atoms with E-state index < -0.39 is 0 Å². The van der Waals surface area contributed by atoms with Gasteiger partial charge >= 0.3 is 0 Å². The lowest BCUT2D eigenvalue weighted by atomic mass is 9.92. The Morgan fingerprint density at radius 2 is 2.57 bits per heavy atom. The second-order valence-electron chi connectivity index (χ2n) is 3.68. The summed E-state index contributed by atoms with van der Waals surface area (Å²) < 4.78 is 7.33. The topological polar surface area (TPSA) is 44.1 Å². The SMILES string of the molecule is Cn1cc([C@@H]2OCCC[C@H]2C=O)cn1. The molecule has 14 heavy (non-hydrogen) atoms. The molecule has 4 heteroatoms. The van der Waals surface area contributed by atoms with Gasteiger partial charge in [-0.25, -0.2) is 0 Å². The molecule has 1 fully saturated rings. The van der Waals surface area contributed by atoms with E-state index in [0.717, 1.165) is 31.3 Å². The molecule has 0 spiro atoms. The predicted octanol–water partition coefficient (Wildman–Crippen LogP) is 1.09. The van der Waals surface area contributed by atoms with Gasteiger partial charge < -0.3 is 9.53 Å². The van der Waals surface area contributed by atoms with Gasteiger partial charge in [0.2, 0.25) is 0 Å². The molecule has 1 aromatic heterocycles. The number of aldehydes is 1. The van der Waals surface area contributed by atoms with E-state index in [2.05, 4.69) is 5.10 Å². The maximum Gasteiger partial charge on any atom is 0.126 e. The van der Waals surface area contributed by atoms with Gasteiger partial charge in [-0.05, 0) is 12.8 Å². The summed E-state index contributed by atoms with van der Waals surface area (Å²) >= 11 is 0. The zero-order chi connectivity index (χ0) is 9.97. The predicted molar refractivity (Wildman–Crippen MR) is 50.7 cm³/mol. The molecular weight excluding hydrogens is 180 g/mol. The molecule has 1 aliphatic heterocycles. The van der Waals surface area contributed by atoms with Crippen LogP contribution in [-0.2, 0) is 16.6 Å². The van der Waals surface area contributed by atoms with E-state index in [1.54, 1.807) is 10.9 Å². The Kier molecular flexibility index (Phi) is 2.63. The van der Waals surface area contributed by atoms with Crippen LogP contribution in [-0.4, -0.2) is 22.7 Å². The van der Waals surface area contributed by atoms with Crippen molar-refractivity contribution in [1.82, 2.24) is 9.78 Å². The summed E-state index contributed by atoms with van der Waals surface area (Å²) in [5, 5.41) is 4.08. The molecule has 0 aliphatic carbocycles. The summed E-state index contributed by atoms with van der Waals surface area (Å²) in [6, 6.07) is 0. The van der Waals surface area contributed by atoms with Crippen molar-refractivity contribution in [3.8, 4) is 0 Å². The highest BCUT2D eigenvalue weighted by Gasteiger charge is 2.27. The largest absolute Gasteiger partial charge is 0.373 e. The molecule has 2 atom stereocenters. The number of carbonyl (C=O) groups is 1. The Morgan fingerprint density at radius 1 is 1.71 bits per heavy atom. The molecule has 0 saturated carbocycles. The van der Waals surface area contributed by atoms with E-state index in [9.17, 15) is 4.79 Å². The number of ether oxygens (including phenoxy) is 1. The molecule has 0 amide bonds. The highest BCUT2D eigenvalue weighted by atomic mass is 16.5. The van der Waals surface area contributed by atoms with Gasteiger partial charge in [-0.1, -0.05) is 0 Å². The van der Waals surface area contributed by atoms with E-state index in [1.165, 1.54) is 0 Å². The molecule has 0 aromatic carbocycles. The minimum absolute atomic E-state index is 0.00653. The first-order chi connectivity index (χ1) is 6.81. The Balaban J connectivity index is 2.18. The zero-order valence-electron chi connectivity index (χ0n) is 8.22. The van der Waals surface area contributed by atoms with E-state index >= 15 is 0 Å². The van der Waals surface area contributed by atoms with Crippen molar-refractivity contribution in [3.05, 3.63) is 18.0 Å². The van der Waals surface area contributed by atoms with Crippen molar-refractivity contribution in [2.75, 3.05) is 6.61 Å². The molecule has 4 nitrogen and oxygen atoms in total. The first-order valence-corrected chi connectivity index (χ1v) is 4.86. The van der Waals surface area contributed by atoms with Crippen LogP contribution in [0, 0.1) is 5.92 Å². The lowest BCUT2D eigenvalue weighted by Crippen LogP contribution is -2.23. The van der Waals surface area contributed by atoms with Crippen LogP contribution in [0.5, 0.6) is 0 Å². The first kappa shape index (κ1) is 9.40. The molecule has 0 radical (unpaired) electrons. The Labute approximate surface area is 82.9 Å². The normalized spacial score (nSPS) is 27.5. The van der Waals surface area contributed by atoms with Crippen LogP contribution in [0.3, 0.4) is 0 Å². The average molecular weight is 194 g/mol. The van der Waals surface area contributed by atoms with Gasteiger partial charge in [0.25, 0.3) is 0 Å². The van der Waals surface area contributed by atoms with Crippen molar-refractivity contribution in [2.45, 2.75) is 18.9 Å². The molecule has 0 bridgehead atoms.